The van der Waals surface area contributed by atoms with Crippen molar-refractivity contribution in [1.82, 2.24) is 0 Å². The molecule has 0 saturated heterocycles. The second-order valence-electron chi connectivity index (χ2n) is 12.9. The molecule has 0 amide bonds. The van der Waals surface area contributed by atoms with E-state index in [9.17, 15) is 0 Å². The van der Waals surface area contributed by atoms with Gasteiger partial charge in [-0.2, -0.15) is 0 Å². The van der Waals surface area contributed by atoms with Crippen molar-refractivity contribution < 1.29 is 0 Å². The van der Waals surface area contributed by atoms with Crippen LogP contribution >= 0.6 is 0 Å². The highest BCUT2D eigenvalue weighted by atomic mass is 28.3. The van der Waals surface area contributed by atoms with E-state index in [1.165, 1.54) is 52.6 Å². The molecule has 0 N–H and O–H groups in total. The first-order valence-electron chi connectivity index (χ1n) is 17.4. The number of hydrogen-bond donors (Lipinski definition) is 0. The molecular formula is C48H38Si2. The van der Waals surface area contributed by atoms with Gasteiger partial charge in [0.05, 0.1) is 0 Å². The quantitative estimate of drug-likeness (QED) is 0.129. The van der Waals surface area contributed by atoms with E-state index in [0.717, 1.165) is 0 Å². The summed E-state index contributed by atoms with van der Waals surface area (Å²) >= 11 is 0. The average molecular weight is 671 g/mol. The summed E-state index contributed by atoms with van der Waals surface area (Å²) in [6.45, 7) is 0. The summed E-state index contributed by atoms with van der Waals surface area (Å²) in [5.41, 5.74) is 2.47. The van der Waals surface area contributed by atoms with Crippen molar-refractivity contribution in [1.29, 1.82) is 0 Å². The Morgan fingerprint density at radius 3 is 0.600 bits per heavy atom. The van der Waals surface area contributed by atoms with Crippen LogP contribution in [0.3, 0.4) is 0 Å². The lowest BCUT2D eigenvalue weighted by molar-refractivity contribution is 1.62. The number of benzene rings is 8. The molecule has 2 heteroatoms. The maximum Gasteiger partial charge on any atom is 0.179 e. The van der Waals surface area contributed by atoms with Crippen molar-refractivity contribution in [2.45, 2.75) is 0 Å². The molecule has 0 spiro atoms. The molecular weight excluding hydrogens is 633 g/mol. The smallest absolute Gasteiger partial charge is 0.0623 e. The predicted molar refractivity (Wildman–Crippen MR) is 219 cm³/mol. The molecule has 0 unspecified atom stereocenters. The summed E-state index contributed by atoms with van der Waals surface area (Å²) in [6.07, 6.45) is 0. The Bertz CT molecular complexity index is 1930. The van der Waals surface area contributed by atoms with Gasteiger partial charge in [-0.05, 0) is 52.6 Å². The zero-order chi connectivity index (χ0) is 33.6. The lowest BCUT2D eigenvalue weighted by Crippen LogP contribution is -2.74. The third-order valence-corrected chi connectivity index (χ3v) is 19.7. The molecule has 8 aromatic carbocycles. The van der Waals surface area contributed by atoms with Crippen LogP contribution in [0, 0.1) is 0 Å². The maximum atomic E-state index is 2.48. The highest BCUT2D eigenvalue weighted by Crippen LogP contribution is 2.21. The summed E-state index contributed by atoms with van der Waals surface area (Å²) in [7, 11) is -5.33. The van der Waals surface area contributed by atoms with Crippen molar-refractivity contribution >= 4 is 57.6 Å². The first kappa shape index (κ1) is 31.5. The van der Waals surface area contributed by atoms with Crippen LogP contribution in [0.2, 0.25) is 0 Å². The fourth-order valence-electron chi connectivity index (χ4n) is 7.99. The van der Waals surface area contributed by atoms with Gasteiger partial charge in [-0.25, -0.2) is 0 Å². The zero-order valence-corrected chi connectivity index (χ0v) is 29.9. The Hall–Kier alpha value is -5.81. The topological polar surface area (TPSA) is 0 Å². The summed E-state index contributed by atoms with van der Waals surface area (Å²) in [6, 6.07) is 85.9. The van der Waals surface area contributed by atoms with Gasteiger partial charge in [-0.15, -0.1) is 0 Å². The Morgan fingerprint density at radius 2 is 0.380 bits per heavy atom. The van der Waals surface area contributed by atoms with E-state index in [-0.39, 0.29) is 0 Å². The molecule has 0 aromatic heterocycles. The van der Waals surface area contributed by atoms with Gasteiger partial charge in [-0.1, -0.05) is 231 Å². The van der Waals surface area contributed by atoms with Crippen LogP contribution in [0.4, 0.5) is 0 Å². The fourth-order valence-corrected chi connectivity index (χ4v) is 17.6. The maximum absolute atomic E-state index is 2.66. The molecule has 50 heavy (non-hydrogen) atoms. The first-order chi connectivity index (χ1) is 24.8. The van der Waals surface area contributed by atoms with Gasteiger partial charge >= 0.3 is 0 Å². The van der Waals surface area contributed by atoms with Crippen LogP contribution in [0.15, 0.2) is 231 Å². The second-order valence-corrected chi connectivity index (χ2v) is 20.5. The highest BCUT2D eigenvalue weighted by Gasteiger charge is 2.43. The monoisotopic (exact) mass is 670 g/mol. The summed E-state index contributed by atoms with van der Waals surface area (Å²) in [4.78, 5) is 0. The minimum absolute atomic E-state index is 1.24. The average Bonchev–Trinajstić information content (AvgIpc) is 3.21. The van der Waals surface area contributed by atoms with Crippen LogP contribution < -0.4 is 41.5 Å². The van der Waals surface area contributed by atoms with Gasteiger partial charge in [0.25, 0.3) is 0 Å². The summed E-state index contributed by atoms with van der Waals surface area (Å²) in [5, 5.41) is 11.0. The molecule has 0 aliphatic heterocycles. The van der Waals surface area contributed by atoms with Gasteiger partial charge in [0.15, 0.2) is 16.1 Å². The van der Waals surface area contributed by atoms with Crippen molar-refractivity contribution in [3.8, 4) is 11.1 Å². The molecule has 0 aliphatic carbocycles. The largest absolute Gasteiger partial charge is 0.179 e. The van der Waals surface area contributed by atoms with Crippen LogP contribution in [-0.2, 0) is 0 Å². The first-order valence-corrected chi connectivity index (χ1v) is 21.4. The minimum atomic E-state index is -2.66. The van der Waals surface area contributed by atoms with Crippen LogP contribution in [0.5, 0.6) is 0 Å². The molecule has 0 radical (unpaired) electrons. The van der Waals surface area contributed by atoms with Gasteiger partial charge in [0.1, 0.15) is 0 Å². The molecule has 0 aliphatic rings. The van der Waals surface area contributed by atoms with E-state index in [4.69, 9.17) is 0 Å². The highest BCUT2D eigenvalue weighted by molar-refractivity contribution is 7.20. The zero-order valence-electron chi connectivity index (χ0n) is 27.9. The van der Waals surface area contributed by atoms with Crippen molar-refractivity contribution in [3.63, 3.8) is 0 Å². The van der Waals surface area contributed by atoms with Gasteiger partial charge in [0.2, 0.25) is 0 Å². The molecule has 0 bridgehead atoms. The van der Waals surface area contributed by atoms with Crippen LogP contribution in [-0.4, -0.2) is 16.1 Å². The molecule has 0 heterocycles. The summed E-state index contributed by atoms with van der Waals surface area (Å²) < 4.78 is 0. The van der Waals surface area contributed by atoms with Crippen LogP contribution in [0.25, 0.3) is 11.1 Å². The normalized spacial score (nSPS) is 11.6. The lowest BCUT2D eigenvalue weighted by Gasteiger charge is -2.35. The molecule has 8 rings (SSSR count). The third kappa shape index (κ3) is 5.49. The molecule has 0 fully saturated rings. The fraction of sp³-hybridized carbons (Fsp3) is 0. The predicted octanol–water partition coefficient (Wildman–Crippen LogP) is 6.11. The number of rotatable bonds is 9. The van der Waals surface area contributed by atoms with E-state index in [1.54, 1.807) is 0 Å². The van der Waals surface area contributed by atoms with Crippen molar-refractivity contribution in [2.24, 2.45) is 0 Å². The molecule has 0 saturated carbocycles. The van der Waals surface area contributed by atoms with Gasteiger partial charge < -0.3 is 0 Å². The molecule has 0 nitrogen and oxygen atoms in total. The Morgan fingerprint density at radius 1 is 0.180 bits per heavy atom. The Balaban J connectivity index is 1.37. The van der Waals surface area contributed by atoms with E-state index >= 15 is 0 Å². The summed E-state index contributed by atoms with van der Waals surface area (Å²) in [5.74, 6) is 0. The van der Waals surface area contributed by atoms with E-state index < -0.39 is 16.1 Å². The van der Waals surface area contributed by atoms with Crippen LogP contribution in [0.1, 0.15) is 0 Å². The standard InChI is InChI=1S/C48H38Si2/c1-7-23-41(24-8-1)49(42-25-9-2-10-26-42,43-27-11-3-12-28-43)47-35-19-21-39(37-47)40-22-20-36-48(38-40)50(44-29-13-4-14-30-44,45-31-15-5-16-32-45)46-33-17-6-18-34-46/h1-38H. The van der Waals surface area contributed by atoms with E-state index in [1.807, 2.05) is 0 Å². The minimum Gasteiger partial charge on any atom is -0.0623 e. The van der Waals surface area contributed by atoms with E-state index in [0.29, 0.717) is 0 Å². The number of hydrogen-bond acceptors (Lipinski definition) is 0. The SMILES string of the molecule is c1ccc([Si](c2ccccc2)(c2ccccc2)c2cccc(-c3cccc([Si](c4ccccc4)(c4ccccc4)c4ccccc4)c3)c2)cc1. The second kappa shape index (κ2) is 14.0. The van der Waals surface area contributed by atoms with Crippen molar-refractivity contribution in [3.05, 3.63) is 231 Å². The molecule has 8 aromatic rings. The van der Waals surface area contributed by atoms with Gasteiger partial charge in [-0.3, -0.25) is 0 Å². The molecule has 238 valence electrons. The van der Waals surface area contributed by atoms with E-state index in [2.05, 4.69) is 231 Å². The molecule has 0 atom stereocenters. The van der Waals surface area contributed by atoms with Crippen molar-refractivity contribution in [2.75, 3.05) is 0 Å². The Labute approximate surface area is 298 Å². The Kier molecular flexibility index (Phi) is 8.79. The lowest BCUT2D eigenvalue weighted by atomic mass is 10.1. The third-order valence-electron chi connectivity index (χ3n) is 10.2. The van der Waals surface area contributed by atoms with Gasteiger partial charge in [0, 0.05) is 0 Å².